The molecule has 1 aliphatic rings. The summed E-state index contributed by atoms with van der Waals surface area (Å²) in [5, 5.41) is 0. The zero-order chi connectivity index (χ0) is 13.1. The van der Waals surface area contributed by atoms with Gasteiger partial charge in [0.1, 0.15) is 12.3 Å². The van der Waals surface area contributed by atoms with Crippen LogP contribution in [0, 0.1) is 0 Å². The Morgan fingerprint density at radius 3 is 2.67 bits per heavy atom. The minimum atomic E-state index is -0.567. The normalized spacial score (nSPS) is 16.8. The van der Waals surface area contributed by atoms with Gasteiger partial charge in [-0.05, 0) is 32.3 Å². The second kappa shape index (κ2) is 5.25. The van der Waals surface area contributed by atoms with Gasteiger partial charge in [0.15, 0.2) is 0 Å². The second-order valence-electron chi connectivity index (χ2n) is 4.51. The minimum Gasteiger partial charge on any atom is -0.472 e. The number of carbonyl (C=O) groups is 2. The molecule has 0 bridgehead atoms. The van der Waals surface area contributed by atoms with E-state index in [1.807, 2.05) is 0 Å². The fraction of sp³-hybridized carbons (Fsp3) is 0.538. The van der Waals surface area contributed by atoms with Crippen LogP contribution in [0.4, 0.5) is 0 Å². The Kier molecular flexibility index (Phi) is 3.69. The van der Waals surface area contributed by atoms with Crippen molar-refractivity contribution in [1.82, 2.24) is 4.90 Å². The van der Waals surface area contributed by atoms with Crippen LogP contribution in [0.2, 0.25) is 0 Å². The largest absolute Gasteiger partial charge is 0.472 e. The molecule has 0 aromatic carbocycles. The van der Waals surface area contributed by atoms with Crippen LogP contribution in [0.3, 0.4) is 0 Å². The van der Waals surface area contributed by atoms with Crippen LogP contribution in [0.1, 0.15) is 36.5 Å². The molecule has 0 spiro atoms. The Balaban J connectivity index is 2.19. The van der Waals surface area contributed by atoms with Gasteiger partial charge in [-0.3, -0.25) is 4.79 Å². The monoisotopic (exact) mass is 251 g/mol. The third-order valence-corrected chi connectivity index (χ3v) is 3.43. The fourth-order valence-electron chi connectivity index (χ4n) is 2.14. The van der Waals surface area contributed by atoms with Crippen LogP contribution < -0.4 is 0 Å². The summed E-state index contributed by atoms with van der Waals surface area (Å²) in [4.78, 5) is 25.6. The molecule has 1 saturated carbocycles. The van der Waals surface area contributed by atoms with Crippen molar-refractivity contribution in [3.8, 4) is 0 Å². The van der Waals surface area contributed by atoms with Gasteiger partial charge in [-0.2, -0.15) is 0 Å². The SMILES string of the molecule is COC(=O)[C@H](C)N(C(=O)c1ccoc1)C1CCC1. The van der Waals surface area contributed by atoms with E-state index in [1.165, 1.54) is 19.6 Å². The fourth-order valence-corrected chi connectivity index (χ4v) is 2.14. The molecule has 2 rings (SSSR count). The van der Waals surface area contributed by atoms with Gasteiger partial charge in [0.2, 0.25) is 0 Å². The number of methoxy groups -OCH3 is 1. The molecule has 98 valence electrons. The quantitative estimate of drug-likeness (QED) is 0.766. The maximum absolute atomic E-state index is 12.4. The Labute approximate surface area is 106 Å². The number of esters is 1. The van der Waals surface area contributed by atoms with Crippen molar-refractivity contribution in [3.05, 3.63) is 24.2 Å². The number of furan rings is 1. The Morgan fingerprint density at radius 1 is 1.50 bits per heavy atom. The van der Waals surface area contributed by atoms with Crippen molar-refractivity contribution in [1.29, 1.82) is 0 Å². The summed E-state index contributed by atoms with van der Waals surface area (Å²) in [6.07, 6.45) is 5.82. The Morgan fingerprint density at radius 2 is 2.22 bits per heavy atom. The molecule has 1 atom stereocenters. The molecule has 1 amide bonds. The number of nitrogens with zero attached hydrogens (tertiary/aromatic N) is 1. The van der Waals surface area contributed by atoms with Gasteiger partial charge >= 0.3 is 5.97 Å². The second-order valence-corrected chi connectivity index (χ2v) is 4.51. The number of hydrogen-bond donors (Lipinski definition) is 0. The molecule has 0 N–H and O–H groups in total. The maximum Gasteiger partial charge on any atom is 0.328 e. The molecule has 1 aliphatic carbocycles. The lowest BCUT2D eigenvalue weighted by molar-refractivity contribution is -0.146. The minimum absolute atomic E-state index is 0.126. The molecule has 5 heteroatoms. The predicted molar refractivity (Wildman–Crippen MR) is 64.0 cm³/mol. The molecule has 0 radical (unpaired) electrons. The van der Waals surface area contributed by atoms with Gasteiger partial charge in [0, 0.05) is 6.04 Å². The van der Waals surface area contributed by atoms with Crippen molar-refractivity contribution in [2.24, 2.45) is 0 Å². The molecule has 1 fully saturated rings. The van der Waals surface area contributed by atoms with Crippen LogP contribution >= 0.6 is 0 Å². The van der Waals surface area contributed by atoms with Crippen LogP contribution in [0.25, 0.3) is 0 Å². The van der Waals surface area contributed by atoms with E-state index >= 15 is 0 Å². The molecule has 0 saturated heterocycles. The number of amides is 1. The van der Waals surface area contributed by atoms with Crippen molar-refractivity contribution in [3.63, 3.8) is 0 Å². The number of rotatable bonds is 4. The first-order valence-corrected chi connectivity index (χ1v) is 6.08. The smallest absolute Gasteiger partial charge is 0.328 e. The number of ether oxygens (including phenoxy) is 1. The van der Waals surface area contributed by atoms with E-state index in [2.05, 4.69) is 0 Å². The van der Waals surface area contributed by atoms with Crippen LogP contribution in [0.15, 0.2) is 23.0 Å². The lowest BCUT2D eigenvalue weighted by Crippen LogP contribution is -2.52. The molecule has 1 aromatic heterocycles. The van der Waals surface area contributed by atoms with Crippen molar-refractivity contribution >= 4 is 11.9 Å². The van der Waals surface area contributed by atoms with Gasteiger partial charge in [-0.25, -0.2) is 4.79 Å². The van der Waals surface area contributed by atoms with E-state index in [1.54, 1.807) is 17.9 Å². The van der Waals surface area contributed by atoms with Gasteiger partial charge in [0.05, 0.1) is 18.9 Å². The summed E-state index contributed by atoms with van der Waals surface area (Å²) in [5.74, 6) is -0.565. The third-order valence-electron chi connectivity index (χ3n) is 3.43. The summed E-state index contributed by atoms with van der Waals surface area (Å²) < 4.78 is 9.64. The highest BCUT2D eigenvalue weighted by Gasteiger charge is 2.36. The van der Waals surface area contributed by atoms with Crippen LogP contribution in [-0.4, -0.2) is 36.0 Å². The van der Waals surface area contributed by atoms with E-state index in [4.69, 9.17) is 9.15 Å². The first-order chi connectivity index (χ1) is 8.65. The van der Waals surface area contributed by atoms with Crippen LogP contribution in [0.5, 0.6) is 0 Å². The highest BCUT2D eigenvalue weighted by atomic mass is 16.5. The third kappa shape index (κ3) is 2.25. The summed E-state index contributed by atoms with van der Waals surface area (Å²) in [6.45, 7) is 1.70. The molecule has 0 aliphatic heterocycles. The Hall–Kier alpha value is -1.78. The topological polar surface area (TPSA) is 59.8 Å². The standard InChI is InChI=1S/C13H17NO4/c1-9(13(16)17-2)14(11-4-3-5-11)12(15)10-6-7-18-8-10/h6-9,11H,3-5H2,1-2H3/t9-/m0/s1. The first-order valence-electron chi connectivity index (χ1n) is 6.08. The van der Waals surface area contributed by atoms with Crippen molar-refractivity contribution < 1.29 is 18.7 Å². The summed E-state index contributed by atoms with van der Waals surface area (Å²) in [5.41, 5.74) is 0.470. The first kappa shape index (κ1) is 12.7. The molecule has 5 nitrogen and oxygen atoms in total. The molecular weight excluding hydrogens is 234 g/mol. The lowest BCUT2D eigenvalue weighted by Gasteiger charge is -2.40. The van der Waals surface area contributed by atoms with Crippen molar-refractivity contribution in [2.75, 3.05) is 7.11 Å². The van der Waals surface area contributed by atoms with Crippen molar-refractivity contribution in [2.45, 2.75) is 38.3 Å². The highest BCUT2D eigenvalue weighted by Crippen LogP contribution is 2.28. The molecular formula is C13H17NO4. The maximum atomic E-state index is 12.4. The molecule has 18 heavy (non-hydrogen) atoms. The van der Waals surface area contributed by atoms with Gasteiger partial charge in [-0.1, -0.05) is 0 Å². The number of carbonyl (C=O) groups excluding carboxylic acids is 2. The van der Waals surface area contributed by atoms with E-state index in [9.17, 15) is 9.59 Å². The molecule has 1 heterocycles. The summed E-state index contributed by atoms with van der Waals surface area (Å²) >= 11 is 0. The average molecular weight is 251 g/mol. The van der Waals surface area contributed by atoms with Gasteiger partial charge < -0.3 is 14.1 Å². The molecule has 0 unspecified atom stereocenters. The number of hydrogen-bond acceptors (Lipinski definition) is 4. The molecule has 1 aromatic rings. The lowest BCUT2D eigenvalue weighted by atomic mass is 9.90. The van der Waals surface area contributed by atoms with Gasteiger partial charge in [0.25, 0.3) is 5.91 Å². The predicted octanol–water partition coefficient (Wildman–Crippen LogP) is 1.84. The Bertz CT molecular complexity index is 422. The van der Waals surface area contributed by atoms with E-state index in [0.717, 1.165) is 19.3 Å². The van der Waals surface area contributed by atoms with E-state index < -0.39 is 12.0 Å². The zero-order valence-electron chi connectivity index (χ0n) is 10.6. The van der Waals surface area contributed by atoms with Gasteiger partial charge in [-0.15, -0.1) is 0 Å². The average Bonchev–Trinajstić information content (AvgIpc) is 2.84. The van der Waals surface area contributed by atoms with E-state index in [0.29, 0.717) is 5.56 Å². The summed E-state index contributed by atoms with van der Waals surface area (Å²) in [7, 11) is 1.33. The summed E-state index contributed by atoms with van der Waals surface area (Å²) in [6, 6.07) is 1.17. The zero-order valence-corrected chi connectivity index (χ0v) is 10.6. The van der Waals surface area contributed by atoms with E-state index in [-0.39, 0.29) is 11.9 Å². The van der Waals surface area contributed by atoms with Crippen LogP contribution in [-0.2, 0) is 9.53 Å². The highest BCUT2D eigenvalue weighted by molar-refractivity contribution is 5.96.